The van der Waals surface area contributed by atoms with Gasteiger partial charge in [0, 0.05) is 5.41 Å². The molecule has 6 bridgehead atoms. The van der Waals surface area contributed by atoms with Crippen LogP contribution in [-0.4, -0.2) is 17.5 Å². The van der Waals surface area contributed by atoms with Crippen LogP contribution in [0.5, 0.6) is 0 Å². The maximum absolute atomic E-state index is 14.9. The van der Waals surface area contributed by atoms with Crippen molar-refractivity contribution in [3.05, 3.63) is 0 Å². The number of hydrogen-bond donors (Lipinski definition) is 1. The van der Waals surface area contributed by atoms with Gasteiger partial charge in [-0.25, -0.2) is 4.89 Å². The van der Waals surface area contributed by atoms with Gasteiger partial charge in [-0.3, -0.25) is 5.26 Å². The Morgan fingerprint density at radius 1 is 0.862 bits per heavy atom. The maximum Gasteiger partial charge on any atom is 0.397 e. The van der Waals surface area contributed by atoms with Crippen molar-refractivity contribution in [2.75, 3.05) is 0 Å². The zero-order valence-electron chi connectivity index (χ0n) is 18.3. The molecule has 6 saturated carbocycles. The average Bonchev–Trinajstić information content (AvgIpc) is 3.12. The fourth-order valence-corrected chi connectivity index (χ4v) is 9.91. The highest BCUT2D eigenvalue weighted by Crippen LogP contribution is 2.74. The lowest BCUT2D eigenvalue weighted by atomic mass is 9.40. The highest BCUT2D eigenvalue weighted by Gasteiger charge is 2.76. The zero-order valence-corrected chi connectivity index (χ0v) is 18.3. The van der Waals surface area contributed by atoms with Crippen molar-refractivity contribution in [3.63, 3.8) is 0 Å². The van der Waals surface area contributed by atoms with Crippen LogP contribution in [0.3, 0.4) is 0 Å². The molecule has 2 nitrogen and oxygen atoms in total. The predicted molar refractivity (Wildman–Crippen MR) is 105 cm³/mol. The Hall–Kier alpha value is -0.290. The fourth-order valence-electron chi connectivity index (χ4n) is 9.91. The van der Waals surface area contributed by atoms with Gasteiger partial charge in [0.2, 0.25) is 0 Å². The third-order valence-electron chi connectivity index (χ3n) is 11.2. The van der Waals surface area contributed by atoms with Gasteiger partial charge in [0.1, 0.15) is 6.10 Å². The summed E-state index contributed by atoms with van der Waals surface area (Å²) in [5, 5.41) is 10.1. The first-order valence-electron chi connectivity index (χ1n) is 11.8. The molecule has 0 aromatic rings. The summed E-state index contributed by atoms with van der Waals surface area (Å²) in [6.45, 7) is 8.08. The molecule has 6 atom stereocenters. The molecule has 29 heavy (non-hydrogen) atoms. The van der Waals surface area contributed by atoms with Gasteiger partial charge < -0.3 is 0 Å². The Balaban J connectivity index is 1.58. The molecular formula is C24H37F3O2. The van der Waals surface area contributed by atoms with E-state index in [1.54, 1.807) is 0 Å². The minimum atomic E-state index is -4.37. The lowest BCUT2D eigenvalue weighted by molar-refractivity contribution is -0.397. The van der Waals surface area contributed by atoms with E-state index in [2.05, 4.69) is 6.92 Å². The molecule has 6 fully saturated rings. The molecule has 6 unspecified atom stereocenters. The van der Waals surface area contributed by atoms with Crippen molar-refractivity contribution in [2.24, 2.45) is 57.7 Å². The van der Waals surface area contributed by atoms with Crippen molar-refractivity contribution in [1.29, 1.82) is 0 Å². The van der Waals surface area contributed by atoms with Crippen molar-refractivity contribution in [2.45, 2.75) is 91.3 Å². The van der Waals surface area contributed by atoms with Gasteiger partial charge in [-0.2, -0.15) is 13.2 Å². The summed E-state index contributed by atoms with van der Waals surface area (Å²) in [5.41, 5.74) is -2.77. The van der Waals surface area contributed by atoms with Crippen LogP contribution < -0.4 is 0 Å². The van der Waals surface area contributed by atoms with E-state index in [-0.39, 0.29) is 23.7 Å². The summed E-state index contributed by atoms with van der Waals surface area (Å²) in [6.07, 6.45) is 1.99. The number of alkyl halides is 3. The van der Waals surface area contributed by atoms with Gasteiger partial charge in [0.05, 0.1) is 5.41 Å². The number of rotatable bonds is 4. The summed E-state index contributed by atoms with van der Waals surface area (Å²) in [7, 11) is 0. The van der Waals surface area contributed by atoms with Crippen LogP contribution >= 0.6 is 0 Å². The molecule has 6 aliphatic rings. The Labute approximate surface area is 172 Å². The van der Waals surface area contributed by atoms with E-state index in [1.807, 2.05) is 20.8 Å². The summed E-state index contributed by atoms with van der Waals surface area (Å²) >= 11 is 0. The van der Waals surface area contributed by atoms with Crippen LogP contribution in [0.15, 0.2) is 0 Å². The largest absolute Gasteiger partial charge is 0.397 e. The van der Waals surface area contributed by atoms with E-state index in [0.29, 0.717) is 30.1 Å². The normalized spacial score (nSPS) is 52.3. The van der Waals surface area contributed by atoms with Crippen molar-refractivity contribution >= 4 is 0 Å². The molecule has 0 heterocycles. The summed E-state index contributed by atoms with van der Waals surface area (Å²) < 4.78 is 44.8. The van der Waals surface area contributed by atoms with Crippen LogP contribution in [0.2, 0.25) is 0 Å². The topological polar surface area (TPSA) is 29.5 Å². The van der Waals surface area contributed by atoms with Crippen molar-refractivity contribution < 1.29 is 23.3 Å². The Kier molecular flexibility index (Phi) is 4.37. The quantitative estimate of drug-likeness (QED) is 0.398. The number of halogens is 3. The van der Waals surface area contributed by atoms with Crippen LogP contribution in [0.25, 0.3) is 0 Å². The van der Waals surface area contributed by atoms with E-state index < -0.39 is 29.0 Å². The van der Waals surface area contributed by atoms with Crippen LogP contribution in [-0.2, 0) is 4.89 Å². The smallest absolute Gasteiger partial charge is 0.251 e. The standard InChI is InChI=1S/C24H37F3O2/c1-13-14(2)19-8-18(13)12-23(19,24(25,26)27)20(29-28)21(3,4)22-9-15-5-16(10-22)7-17(6-15)11-22/h13-20,28H,5-12H2,1-4H3. The second kappa shape index (κ2) is 6.15. The third-order valence-corrected chi connectivity index (χ3v) is 11.2. The number of hydrogen-bond acceptors (Lipinski definition) is 2. The Morgan fingerprint density at radius 3 is 1.76 bits per heavy atom. The molecule has 6 aliphatic carbocycles. The summed E-state index contributed by atoms with van der Waals surface area (Å²) in [6, 6.07) is 0. The van der Waals surface area contributed by atoms with Crippen molar-refractivity contribution in [3.8, 4) is 0 Å². The third kappa shape index (κ3) is 2.49. The molecule has 0 radical (unpaired) electrons. The first-order valence-corrected chi connectivity index (χ1v) is 11.8. The van der Waals surface area contributed by atoms with E-state index in [4.69, 9.17) is 4.89 Å². The first-order chi connectivity index (χ1) is 13.4. The lowest BCUT2D eigenvalue weighted by Gasteiger charge is -2.65. The molecular weight excluding hydrogens is 377 g/mol. The molecule has 0 amide bonds. The van der Waals surface area contributed by atoms with Gasteiger partial charge in [-0.05, 0) is 98.2 Å². The molecule has 1 N–H and O–H groups in total. The van der Waals surface area contributed by atoms with E-state index in [0.717, 1.165) is 19.3 Å². The Bertz CT molecular complexity index is 634. The van der Waals surface area contributed by atoms with Gasteiger partial charge in [-0.15, -0.1) is 0 Å². The highest BCUT2D eigenvalue weighted by atomic mass is 19.4. The Morgan fingerprint density at radius 2 is 1.38 bits per heavy atom. The molecule has 6 rings (SSSR count). The fraction of sp³-hybridized carbons (Fsp3) is 1.00. The first kappa shape index (κ1) is 20.6. The average molecular weight is 415 g/mol. The van der Waals surface area contributed by atoms with Gasteiger partial charge >= 0.3 is 6.18 Å². The van der Waals surface area contributed by atoms with Crippen LogP contribution in [0.1, 0.15) is 79.1 Å². The molecule has 0 aromatic heterocycles. The van der Waals surface area contributed by atoms with Crippen molar-refractivity contribution in [1.82, 2.24) is 0 Å². The minimum Gasteiger partial charge on any atom is -0.251 e. The van der Waals surface area contributed by atoms with Gasteiger partial charge in [0.25, 0.3) is 0 Å². The van der Waals surface area contributed by atoms with Crippen LogP contribution in [0, 0.1) is 57.7 Å². The molecule has 0 saturated heterocycles. The predicted octanol–water partition coefficient (Wildman–Crippen LogP) is 6.95. The van der Waals surface area contributed by atoms with Gasteiger partial charge in [-0.1, -0.05) is 27.7 Å². The zero-order chi connectivity index (χ0) is 21.0. The van der Waals surface area contributed by atoms with Gasteiger partial charge in [0.15, 0.2) is 0 Å². The van der Waals surface area contributed by atoms with E-state index >= 15 is 0 Å². The molecule has 5 heteroatoms. The minimum absolute atomic E-state index is 0.0141. The maximum atomic E-state index is 14.9. The van der Waals surface area contributed by atoms with E-state index in [9.17, 15) is 18.4 Å². The highest BCUT2D eigenvalue weighted by molar-refractivity contribution is 5.18. The SMILES string of the molecule is CC1C2CC(C1C)C(C(OO)C(C)(C)C13CC4CC(CC(C4)C1)C3)(C(F)(F)F)C2. The second-order valence-electron chi connectivity index (χ2n) is 12.5. The summed E-state index contributed by atoms with van der Waals surface area (Å²) in [4.78, 5) is 5.03. The second-order valence-corrected chi connectivity index (χ2v) is 12.5. The molecule has 0 aliphatic heterocycles. The van der Waals surface area contributed by atoms with Crippen LogP contribution in [0.4, 0.5) is 13.2 Å². The summed E-state index contributed by atoms with van der Waals surface area (Å²) in [5.74, 6) is 1.92. The molecule has 0 aromatic carbocycles. The monoisotopic (exact) mass is 414 g/mol. The number of fused-ring (bicyclic) bond motifs is 2. The molecule has 0 spiro atoms. The molecule has 166 valence electrons. The van der Waals surface area contributed by atoms with E-state index in [1.165, 1.54) is 19.3 Å². The lowest BCUT2D eigenvalue weighted by Crippen LogP contribution is -2.65.